The summed E-state index contributed by atoms with van der Waals surface area (Å²) in [6, 6.07) is 7.18. The van der Waals surface area contributed by atoms with Gasteiger partial charge in [-0.3, -0.25) is 9.59 Å². The van der Waals surface area contributed by atoms with Crippen molar-refractivity contribution in [3.05, 3.63) is 42.0 Å². The van der Waals surface area contributed by atoms with Gasteiger partial charge in [0.25, 0.3) is 0 Å². The number of nitrogens with one attached hydrogen (secondary N) is 1. The average Bonchev–Trinajstić information content (AvgIpc) is 2.99. The van der Waals surface area contributed by atoms with Gasteiger partial charge in [0.2, 0.25) is 5.91 Å². The third-order valence-electron chi connectivity index (χ3n) is 3.79. The lowest BCUT2D eigenvalue weighted by molar-refractivity contribution is -0.137. The Labute approximate surface area is 135 Å². The molecular formula is C17H21NO3S. The molecule has 0 spiro atoms. The Balaban J connectivity index is 2.02. The summed E-state index contributed by atoms with van der Waals surface area (Å²) in [5.74, 6) is -0.721. The van der Waals surface area contributed by atoms with Gasteiger partial charge < -0.3 is 10.4 Å². The van der Waals surface area contributed by atoms with Crippen LogP contribution in [0.4, 0.5) is 0 Å². The minimum atomic E-state index is -0.917. The van der Waals surface area contributed by atoms with Gasteiger partial charge in [-0.25, -0.2) is 0 Å². The highest BCUT2D eigenvalue weighted by molar-refractivity contribution is 7.98. The molecule has 2 N–H and O–H groups in total. The monoisotopic (exact) mass is 319 g/mol. The third-order valence-corrected chi connectivity index (χ3v) is 4.54. The molecule has 22 heavy (non-hydrogen) atoms. The topological polar surface area (TPSA) is 66.4 Å². The summed E-state index contributed by atoms with van der Waals surface area (Å²) in [7, 11) is 0. The van der Waals surface area contributed by atoms with Gasteiger partial charge in [-0.05, 0) is 42.7 Å². The molecule has 0 fully saturated rings. The fraction of sp³-hybridized carbons (Fsp3) is 0.412. The van der Waals surface area contributed by atoms with Crippen molar-refractivity contribution in [1.82, 2.24) is 5.32 Å². The summed E-state index contributed by atoms with van der Waals surface area (Å²) in [4.78, 5) is 24.3. The van der Waals surface area contributed by atoms with Gasteiger partial charge in [0, 0.05) is 11.3 Å². The first-order chi connectivity index (χ1) is 10.6. The minimum absolute atomic E-state index is 0.0863. The molecule has 118 valence electrons. The standard InChI is InChI=1S/C17H21NO3S/c1-22-14-8-6-13(7-9-14)15(11-17(20)21)18-16(19)10-12-4-2-3-5-12/h2,4,6-9,12,15H,3,5,10-11H2,1H3,(H,18,19)(H,20,21). The van der Waals surface area contributed by atoms with E-state index in [1.165, 1.54) is 0 Å². The van der Waals surface area contributed by atoms with Gasteiger partial charge in [-0.15, -0.1) is 11.8 Å². The first kappa shape index (κ1) is 16.6. The number of amides is 1. The van der Waals surface area contributed by atoms with E-state index >= 15 is 0 Å². The Bertz CT molecular complexity index is 554. The maximum Gasteiger partial charge on any atom is 0.305 e. The maximum atomic E-state index is 12.1. The first-order valence-electron chi connectivity index (χ1n) is 7.40. The number of hydrogen-bond donors (Lipinski definition) is 2. The number of aliphatic carboxylic acids is 1. The van der Waals surface area contributed by atoms with E-state index in [4.69, 9.17) is 5.11 Å². The number of benzene rings is 1. The first-order valence-corrected chi connectivity index (χ1v) is 8.62. The second-order valence-electron chi connectivity index (χ2n) is 5.46. The van der Waals surface area contributed by atoms with E-state index in [9.17, 15) is 9.59 Å². The van der Waals surface area contributed by atoms with Crippen molar-refractivity contribution in [3.63, 3.8) is 0 Å². The molecule has 2 atom stereocenters. The lowest BCUT2D eigenvalue weighted by Gasteiger charge is -2.19. The molecule has 1 aliphatic rings. The lowest BCUT2D eigenvalue weighted by Crippen LogP contribution is -2.31. The molecule has 5 heteroatoms. The van der Waals surface area contributed by atoms with Crippen LogP contribution in [-0.2, 0) is 9.59 Å². The predicted molar refractivity (Wildman–Crippen MR) is 87.8 cm³/mol. The fourth-order valence-electron chi connectivity index (χ4n) is 2.62. The van der Waals surface area contributed by atoms with Crippen LogP contribution >= 0.6 is 11.8 Å². The Hall–Kier alpha value is -1.75. The second kappa shape index (κ2) is 8.03. The summed E-state index contributed by atoms with van der Waals surface area (Å²) in [5.41, 5.74) is 0.829. The van der Waals surface area contributed by atoms with E-state index < -0.39 is 12.0 Å². The van der Waals surface area contributed by atoms with E-state index in [1.54, 1.807) is 11.8 Å². The fourth-order valence-corrected chi connectivity index (χ4v) is 3.03. The second-order valence-corrected chi connectivity index (χ2v) is 6.34. The van der Waals surface area contributed by atoms with Crippen LogP contribution in [0.3, 0.4) is 0 Å². The Morgan fingerprint density at radius 1 is 1.36 bits per heavy atom. The molecular weight excluding hydrogens is 298 g/mol. The van der Waals surface area contributed by atoms with Crippen LogP contribution < -0.4 is 5.32 Å². The highest BCUT2D eigenvalue weighted by Crippen LogP contribution is 2.23. The van der Waals surface area contributed by atoms with Crippen LogP contribution in [0, 0.1) is 5.92 Å². The minimum Gasteiger partial charge on any atom is -0.481 e. The SMILES string of the molecule is CSc1ccc(C(CC(=O)O)NC(=O)CC2C=CCC2)cc1. The van der Waals surface area contributed by atoms with Crippen LogP contribution in [-0.4, -0.2) is 23.2 Å². The van der Waals surface area contributed by atoms with E-state index in [2.05, 4.69) is 17.5 Å². The largest absolute Gasteiger partial charge is 0.481 e. The molecule has 0 heterocycles. The predicted octanol–water partition coefficient (Wildman–Crippen LogP) is 3.40. The Morgan fingerprint density at radius 3 is 2.64 bits per heavy atom. The van der Waals surface area contributed by atoms with Crippen LogP contribution in [0.1, 0.15) is 37.3 Å². The van der Waals surface area contributed by atoms with Gasteiger partial charge >= 0.3 is 5.97 Å². The molecule has 4 nitrogen and oxygen atoms in total. The number of thioether (sulfide) groups is 1. The lowest BCUT2D eigenvalue weighted by atomic mass is 10.0. The average molecular weight is 319 g/mol. The molecule has 1 aromatic rings. The van der Waals surface area contributed by atoms with E-state index in [1.807, 2.05) is 30.5 Å². The van der Waals surface area contributed by atoms with Gasteiger partial charge in [0.1, 0.15) is 0 Å². The zero-order valence-electron chi connectivity index (χ0n) is 12.6. The summed E-state index contributed by atoms with van der Waals surface area (Å²) in [6.07, 6.45) is 8.49. The molecule has 0 radical (unpaired) electrons. The van der Waals surface area contributed by atoms with E-state index in [0.29, 0.717) is 6.42 Å². The van der Waals surface area contributed by atoms with Crippen molar-refractivity contribution in [2.45, 2.75) is 36.6 Å². The molecule has 2 rings (SSSR count). The number of allylic oxidation sites excluding steroid dienone is 2. The van der Waals surface area contributed by atoms with Gasteiger partial charge in [-0.1, -0.05) is 24.3 Å². The van der Waals surface area contributed by atoms with Gasteiger partial charge in [0.15, 0.2) is 0 Å². The molecule has 1 aliphatic carbocycles. The summed E-state index contributed by atoms with van der Waals surface area (Å²) < 4.78 is 0. The molecule has 1 amide bonds. The van der Waals surface area contributed by atoms with Crippen molar-refractivity contribution in [2.24, 2.45) is 5.92 Å². The van der Waals surface area contributed by atoms with Gasteiger partial charge in [-0.2, -0.15) is 0 Å². The molecule has 0 aliphatic heterocycles. The zero-order valence-corrected chi connectivity index (χ0v) is 13.4. The summed E-state index contributed by atoms with van der Waals surface area (Å²) >= 11 is 1.63. The maximum absolute atomic E-state index is 12.1. The highest BCUT2D eigenvalue weighted by Gasteiger charge is 2.20. The molecule has 2 unspecified atom stereocenters. The molecule has 0 saturated carbocycles. The number of hydrogen-bond acceptors (Lipinski definition) is 3. The smallest absolute Gasteiger partial charge is 0.305 e. The third kappa shape index (κ3) is 4.91. The highest BCUT2D eigenvalue weighted by atomic mass is 32.2. The van der Waals surface area contributed by atoms with E-state index in [-0.39, 0.29) is 18.2 Å². The van der Waals surface area contributed by atoms with Crippen LogP contribution in [0.15, 0.2) is 41.3 Å². The number of rotatable bonds is 7. The zero-order chi connectivity index (χ0) is 15.9. The Morgan fingerprint density at radius 2 is 2.09 bits per heavy atom. The van der Waals surface area contributed by atoms with E-state index in [0.717, 1.165) is 23.3 Å². The van der Waals surface area contributed by atoms with Crippen molar-refractivity contribution >= 4 is 23.6 Å². The van der Waals surface area contributed by atoms with Crippen LogP contribution in [0.25, 0.3) is 0 Å². The number of carboxylic acid groups (broad SMARTS) is 1. The Kier molecular flexibility index (Phi) is 6.07. The summed E-state index contributed by atoms with van der Waals surface area (Å²) in [5, 5.41) is 11.9. The molecule has 0 saturated heterocycles. The van der Waals surface area contributed by atoms with Crippen LogP contribution in [0.5, 0.6) is 0 Å². The quantitative estimate of drug-likeness (QED) is 0.597. The van der Waals surface area contributed by atoms with Gasteiger partial charge in [0.05, 0.1) is 12.5 Å². The summed E-state index contributed by atoms with van der Waals surface area (Å²) in [6.45, 7) is 0. The number of carboxylic acids is 1. The molecule has 1 aromatic carbocycles. The molecule has 0 aromatic heterocycles. The van der Waals surface area contributed by atoms with Crippen molar-refractivity contribution in [3.8, 4) is 0 Å². The number of carbonyl (C=O) groups excluding carboxylic acids is 1. The van der Waals surface area contributed by atoms with Crippen molar-refractivity contribution in [1.29, 1.82) is 0 Å². The molecule has 0 bridgehead atoms. The van der Waals surface area contributed by atoms with Crippen LogP contribution in [0.2, 0.25) is 0 Å². The number of carbonyl (C=O) groups is 2. The van der Waals surface area contributed by atoms with Crippen molar-refractivity contribution < 1.29 is 14.7 Å². The van der Waals surface area contributed by atoms with Crippen molar-refractivity contribution in [2.75, 3.05) is 6.26 Å². The normalized spacial score (nSPS) is 18.1.